The van der Waals surface area contributed by atoms with Crippen LogP contribution in [0.25, 0.3) is 43.1 Å². The molecule has 0 bridgehead atoms. The van der Waals surface area contributed by atoms with E-state index in [1.54, 1.807) is 6.07 Å². The van der Waals surface area contributed by atoms with Crippen LogP contribution in [0.4, 0.5) is 34.1 Å². The standard InChI is InChI=1S/C44H52N6O3/c1-45(2)27-19-13-16-24-32(25-17-14-20-28(46(3)4)34(25)41(33(24)27)49(9)10)39-43(52)40(44(39)53)36-26-18-15-21-29(47(5)6)35(26)42(50(11)12)37-30(48(7)8)22-23-31(51)38(36)37/h13-23,39-40,43-44,51H,1-12H3/q-2. The third-order valence-corrected chi connectivity index (χ3v) is 11.3. The Hall–Kier alpha value is -5.12. The minimum absolute atomic E-state index is 0.0705. The summed E-state index contributed by atoms with van der Waals surface area (Å²) in [5.74, 6) is -1.64. The van der Waals surface area contributed by atoms with Crippen molar-refractivity contribution in [1.29, 1.82) is 0 Å². The smallest absolute Gasteiger partial charge is 0.123 e. The maximum Gasteiger partial charge on any atom is 0.123 e. The van der Waals surface area contributed by atoms with Gasteiger partial charge in [0.25, 0.3) is 0 Å². The molecule has 1 fully saturated rings. The molecule has 0 spiro atoms. The lowest BCUT2D eigenvalue weighted by atomic mass is 9.60. The van der Waals surface area contributed by atoms with Crippen molar-refractivity contribution < 1.29 is 15.3 Å². The second-order valence-electron chi connectivity index (χ2n) is 15.8. The average molecular weight is 713 g/mol. The zero-order chi connectivity index (χ0) is 38.4. The molecule has 2 unspecified atom stereocenters. The highest BCUT2D eigenvalue weighted by atomic mass is 16.3. The summed E-state index contributed by atoms with van der Waals surface area (Å²) in [6.45, 7) is 0. The molecule has 0 saturated heterocycles. The van der Waals surface area contributed by atoms with Gasteiger partial charge in [-0.3, -0.25) is 0 Å². The third-order valence-electron chi connectivity index (χ3n) is 11.3. The molecular weight excluding hydrogens is 661 g/mol. The average Bonchev–Trinajstić information content (AvgIpc) is 3.10. The van der Waals surface area contributed by atoms with Crippen molar-refractivity contribution in [3.05, 3.63) is 77.9 Å². The number of anilines is 6. The van der Waals surface area contributed by atoms with Crippen LogP contribution in [0.1, 0.15) is 23.0 Å². The van der Waals surface area contributed by atoms with E-state index in [9.17, 15) is 5.11 Å². The number of aromatic hydroxyl groups is 1. The number of nitrogens with zero attached hydrogens (tertiary/aromatic N) is 6. The minimum Gasteiger partial charge on any atom is -0.851 e. The Balaban J connectivity index is 1.59. The summed E-state index contributed by atoms with van der Waals surface area (Å²) < 4.78 is 0. The first kappa shape index (κ1) is 36.2. The molecule has 2 atom stereocenters. The van der Waals surface area contributed by atoms with Crippen LogP contribution in [0.3, 0.4) is 0 Å². The number of phenols is 1. The van der Waals surface area contributed by atoms with Crippen LogP contribution >= 0.6 is 0 Å². The van der Waals surface area contributed by atoms with E-state index in [-0.39, 0.29) is 5.75 Å². The molecule has 1 N–H and O–H groups in total. The summed E-state index contributed by atoms with van der Waals surface area (Å²) >= 11 is 0. The van der Waals surface area contributed by atoms with Crippen LogP contribution in [-0.2, 0) is 0 Å². The molecule has 9 nitrogen and oxygen atoms in total. The molecule has 0 aliphatic heterocycles. The summed E-state index contributed by atoms with van der Waals surface area (Å²) in [5, 5.41) is 49.5. The maximum absolute atomic E-state index is 15.3. The molecule has 1 aliphatic rings. The summed E-state index contributed by atoms with van der Waals surface area (Å²) in [7, 11) is 24.3. The second-order valence-corrected chi connectivity index (χ2v) is 15.8. The topological polar surface area (TPSA) is 85.8 Å². The van der Waals surface area contributed by atoms with Gasteiger partial charge < -0.3 is 44.7 Å². The molecule has 6 aromatic rings. The molecule has 1 saturated carbocycles. The van der Waals surface area contributed by atoms with E-state index in [0.29, 0.717) is 10.9 Å². The number of fused-ring (bicyclic) bond motifs is 4. The van der Waals surface area contributed by atoms with Crippen LogP contribution in [0.5, 0.6) is 5.75 Å². The van der Waals surface area contributed by atoms with Gasteiger partial charge in [-0.05, 0) is 69.5 Å². The van der Waals surface area contributed by atoms with Gasteiger partial charge in [0.05, 0.1) is 11.4 Å². The predicted molar refractivity (Wildman–Crippen MR) is 224 cm³/mol. The van der Waals surface area contributed by atoms with Gasteiger partial charge in [0.1, 0.15) is 5.75 Å². The van der Waals surface area contributed by atoms with Crippen molar-refractivity contribution in [2.24, 2.45) is 0 Å². The lowest BCUT2D eigenvalue weighted by Gasteiger charge is -2.62. The highest BCUT2D eigenvalue weighted by molar-refractivity contribution is 6.24. The van der Waals surface area contributed by atoms with Crippen molar-refractivity contribution in [2.75, 3.05) is 114 Å². The Kier molecular flexibility index (Phi) is 8.94. The predicted octanol–water partition coefficient (Wildman–Crippen LogP) is 5.74. The van der Waals surface area contributed by atoms with Crippen LogP contribution < -0.4 is 39.6 Å². The fourth-order valence-corrected chi connectivity index (χ4v) is 9.09. The molecule has 0 amide bonds. The van der Waals surface area contributed by atoms with E-state index in [2.05, 4.69) is 68.9 Å². The molecule has 7 rings (SSSR count). The van der Waals surface area contributed by atoms with Gasteiger partial charge in [0.15, 0.2) is 0 Å². The van der Waals surface area contributed by atoms with Gasteiger partial charge in [-0.2, -0.15) is 0 Å². The van der Waals surface area contributed by atoms with Crippen molar-refractivity contribution in [3.63, 3.8) is 0 Å². The number of rotatable bonds is 8. The molecule has 53 heavy (non-hydrogen) atoms. The number of benzene rings is 6. The van der Waals surface area contributed by atoms with Crippen LogP contribution in [0, 0.1) is 0 Å². The normalized spacial score (nSPS) is 18.5. The van der Waals surface area contributed by atoms with E-state index in [4.69, 9.17) is 0 Å². The van der Waals surface area contributed by atoms with E-state index in [1.165, 1.54) is 0 Å². The lowest BCUT2D eigenvalue weighted by Crippen LogP contribution is -2.63. The Bertz CT molecular complexity index is 2320. The van der Waals surface area contributed by atoms with Gasteiger partial charge in [-0.1, -0.05) is 36.4 Å². The summed E-state index contributed by atoms with van der Waals surface area (Å²) in [5.41, 5.74) is 7.39. The van der Waals surface area contributed by atoms with Crippen molar-refractivity contribution >= 4 is 77.2 Å². The van der Waals surface area contributed by atoms with Crippen molar-refractivity contribution in [2.45, 2.75) is 24.0 Å². The van der Waals surface area contributed by atoms with E-state index >= 15 is 10.2 Å². The van der Waals surface area contributed by atoms with Gasteiger partial charge in [-0.25, -0.2) is 0 Å². The second kappa shape index (κ2) is 13.1. The molecule has 6 aromatic carbocycles. The van der Waals surface area contributed by atoms with Crippen LogP contribution in [0.2, 0.25) is 0 Å². The first-order chi connectivity index (χ1) is 25.1. The number of hydrogen-bond acceptors (Lipinski definition) is 9. The highest BCUT2D eigenvalue weighted by Crippen LogP contribution is 2.58. The minimum atomic E-state index is -1.26. The quantitative estimate of drug-likeness (QED) is 0.199. The Labute approximate surface area is 313 Å². The lowest BCUT2D eigenvalue weighted by molar-refractivity contribution is -0.535. The fourth-order valence-electron chi connectivity index (χ4n) is 9.09. The maximum atomic E-state index is 15.3. The summed E-state index contributed by atoms with van der Waals surface area (Å²) in [4.78, 5) is 12.5. The molecule has 0 radical (unpaired) electrons. The van der Waals surface area contributed by atoms with Crippen LogP contribution in [-0.4, -0.2) is 102 Å². The Morgan fingerprint density at radius 3 is 1.11 bits per heavy atom. The molecule has 9 heteroatoms. The van der Waals surface area contributed by atoms with Gasteiger partial charge in [-0.15, -0.1) is 12.2 Å². The van der Waals surface area contributed by atoms with Crippen LogP contribution in [0.15, 0.2) is 66.7 Å². The molecule has 0 heterocycles. The number of hydrogen-bond donors (Lipinski definition) is 1. The Morgan fingerprint density at radius 2 is 0.736 bits per heavy atom. The van der Waals surface area contributed by atoms with Gasteiger partial charge in [0, 0.05) is 134 Å². The fraction of sp³-hybridized carbons (Fsp3) is 0.364. The summed E-state index contributed by atoms with van der Waals surface area (Å²) in [6.07, 6.45) is -2.52. The first-order valence-electron chi connectivity index (χ1n) is 18.2. The van der Waals surface area contributed by atoms with E-state index in [1.807, 2.05) is 106 Å². The largest absolute Gasteiger partial charge is 0.851 e. The molecule has 0 aromatic heterocycles. The van der Waals surface area contributed by atoms with E-state index in [0.717, 1.165) is 77.4 Å². The SMILES string of the molecule is CN(C)c1cccc2c(C3C([O-])C(c4c5cccc(N(C)C)c5c(N(C)C)c5c(N(C)C)ccc(O)c45)C3[O-])c3cccc(N(C)C)c3c(N(C)C)c12. The molecular formula is C44H52N6O3-2. The van der Waals surface area contributed by atoms with Crippen molar-refractivity contribution in [1.82, 2.24) is 0 Å². The number of phenolic OH excluding ortho intramolecular Hbond substituents is 1. The van der Waals surface area contributed by atoms with Crippen molar-refractivity contribution in [3.8, 4) is 5.75 Å². The zero-order valence-electron chi connectivity index (χ0n) is 33.1. The zero-order valence-corrected chi connectivity index (χ0v) is 33.1. The Morgan fingerprint density at radius 1 is 0.396 bits per heavy atom. The highest BCUT2D eigenvalue weighted by Gasteiger charge is 2.43. The third kappa shape index (κ3) is 5.27. The van der Waals surface area contributed by atoms with E-state index < -0.39 is 24.0 Å². The monoisotopic (exact) mass is 712 g/mol. The van der Waals surface area contributed by atoms with Gasteiger partial charge in [0.2, 0.25) is 0 Å². The first-order valence-corrected chi connectivity index (χ1v) is 18.2. The van der Waals surface area contributed by atoms with Gasteiger partial charge >= 0.3 is 0 Å². The molecule has 1 aliphatic carbocycles. The molecule has 278 valence electrons. The summed E-state index contributed by atoms with van der Waals surface area (Å²) in [6, 6.07) is 22.1.